The van der Waals surface area contributed by atoms with Crippen molar-refractivity contribution in [1.82, 2.24) is 20.0 Å². The van der Waals surface area contributed by atoms with E-state index in [0.29, 0.717) is 19.0 Å². The Morgan fingerprint density at radius 1 is 1.35 bits per heavy atom. The summed E-state index contributed by atoms with van der Waals surface area (Å²) in [6, 6.07) is -0.0289. The standard InChI is InChI=1S/C18H29F3N4O/c1-6-12(4)22-17(26)15-13(5)25(23-16(15)18(19,20)21)14-8-7-9-24(10-14)11(2)3/h11-12,14H,6-10H2,1-5H3,(H,22,26). The van der Waals surface area contributed by atoms with Gasteiger partial charge in [-0.3, -0.25) is 14.4 Å². The molecule has 1 fully saturated rings. The fourth-order valence-corrected chi connectivity index (χ4v) is 3.39. The van der Waals surface area contributed by atoms with Crippen LogP contribution in [0.2, 0.25) is 0 Å². The van der Waals surface area contributed by atoms with E-state index in [-0.39, 0.29) is 23.3 Å². The molecule has 1 aliphatic rings. The number of nitrogens with one attached hydrogen (secondary N) is 1. The minimum atomic E-state index is -4.66. The highest BCUT2D eigenvalue weighted by Crippen LogP contribution is 2.35. The summed E-state index contributed by atoms with van der Waals surface area (Å²) in [4.78, 5) is 14.7. The number of likely N-dealkylation sites (tertiary alicyclic amines) is 1. The second kappa shape index (κ2) is 7.98. The summed E-state index contributed by atoms with van der Waals surface area (Å²) < 4.78 is 42.0. The third-order valence-corrected chi connectivity index (χ3v) is 5.14. The predicted molar refractivity (Wildman–Crippen MR) is 94.2 cm³/mol. The summed E-state index contributed by atoms with van der Waals surface area (Å²) in [5.74, 6) is -0.702. The van der Waals surface area contributed by atoms with Crippen molar-refractivity contribution in [3.8, 4) is 0 Å². The topological polar surface area (TPSA) is 50.2 Å². The lowest BCUT2D eigenvalue weighted by molar-refractivity contribution is -0.142. The fraction of sp³-hybridized carbons (Fsp3) is 0.778. The van der Waals surface area contributed by atoms with E-state index >= 15 is 0 Å². The van der Waals surface area contributed by atoms with E-state index in [4.69, 9.17) is 0 Å². The van der Waals surface area contributed by atoms with E-state index in [1.54, 1.807) is 13.8 Å². The van der Waals surface area contributed by atoms with Gasteiger partial charge in [0, 0.05) is 24.3 Å². The molecule has 5 nitrogen and oxygen atoms in total. The summed E-state index contributed by atoms with van der Waals surface area (Å²) in [5, 5.41) is 6.50. The second-order valence-electron chi connectivity index (χ2n) is 7.42. The number of nitrogens with zero attached hydrogens (tertiary/aromatic N) is 3. The molecular formula is C18H29F3N4O. The first kappa shape index (κ1) is 20.7. The third-order valence-electron chi connectivity index (χ3n) is 5.14. The van der Waals surface area contributed by atoms with Crippen LogP contribution in [0.3, 0.4) is 0 Å². The Hall–Kier alpha value is -1.57. The van der Waals surface area contributed by atoms with Gasteiger partial charge < -0.3 is 5.32 Å². The van der Waals surface area contributed by atoms with Gasteiger partial charge in [-0.1, -0.05) is 6.92 Å². The van der Waals surface area contributed by atoms with Crippen LogP contribution in [-0.2, 0) is 6.18 Å². The predicted octanol–water partition coefficient (Wildman–Crippen LogP) is 3.78. The molecule has 0 aliphatic carbocycles. The van der Waals surface area contributed by atoms with Crippen molar-refractivity contribution in [3.05, 3.63) is 17.0 Å². The summed E-state index contributed by atoms with van der Waals surface area (Å²) in [6.45, 7) is 10.9. The summed E-state index contributed by atoms with van der Waals surface area (Å²) in [7, 11) is 0. The van der Waals surface area contributed by atoms with Crippen molar-refractivity contribution in [2.24, 2.45) is 0 Å². The monoisotopic (exact) mass is 374 g/mol. The molecule has 1 aliphatic heterocycles. The van der Waals surface area contributed by atoms with Gasteiger partial charge in [-0.25, -0.2) is 0 Å². The zero-order chi connectivity index (χ0) is 19.6. The fourth-order valence-electron chi connectivity index (χ4n) is 3.39. The molecule has 2 unspecified atom stereocenters. The maximum Gasteiger partial charge on any atom is 0.435 e. The first-order chi connectivity index (χ1) is 12.1. The van der Waals surface area contributed by atoms with E-state index in [0.717, 1.165) is 19.4 Å². The van der Waals surface area contributed by atoms with E-state index < -0.39 is 17.8 Å². The molecule has 2 atom stereocenters. The molecule has 0 radical (unpaired) electrons. The molecule has 1 aromatic heterocycles. The van der Waals surface area contributed by atoms with Crippen molar-refractivity contribution < 1.29 is 18.0 Å². The Morgan fingerprint density at radius 3 is 2.54 bits per heavy atom. The Bertz CT molecular complexity index is 639. The maximum atomic E-state index is 13.5. The molecule has 26 heavy (non-hydrogen) atoms. The highest BCUT2D eigenvalue weighted by molar-refractivity contribution is 5.96. The van der Waals surface area contributed by atoms with Gasteiger partial charge in [0.1, 0.15) is 0 Å². The maximum absolute atomic E-state index is 13.5. The number of carbonyl (C=O) groups excluding carboxylic acids is 1. The number of rotatable bonds is 5. The molecule has 2 rings (SSSR count). The Labute approximate surface area is 152 Å². The third kappa shape index (κ3) is 4.39. The minimum absolute atomic E-state index is 0.155. The van der Waals surface area contributed by atoms with Crippen molar-refractivity contribution in [2.45, 2.75) is 78.2 Å². The van der Waals surface area contributed by atoms with Crippen LogP contribution in [-0.4, -0.2) is 45.8 Å². The molecule has 1 N–H and O–H groups in total. The molecule has 2 heterocycles. The van der Waals surface area contributed by atoms with Crippen LogP contribution in [0, 0.1) is 6.92 Å². The highest BCUT2D eigenvalue weighted by Gasteiger charge is 2.42. The SMILES string of the molecule is CCC(C)NC(=O)c1c(C(F)(F)F)nn(C2CCCN(C(C)C)C2)c1C. The van der Waals surface area contributed by atoms with Crippen LogP contribution in [0.5, 0.6) is 0 Å². The average Bonchev–Trinajstić information content (AvgIpc) is 2.92. The van der Waals surface area contributed by atoms with E-state index in [9.17, 15) is 18.0 Å². The molecule has 148 valence electrons. The Balaban J connectivity index is 2.41. The first-order valence-corrected chi connectivity index (χ1v) is 9.27. The van der Waals surface area contributed by atoms with Gasteiger partial charge in [-0.05, 0) is 53.5 Å². The normalized spacial score (nSPS) is 20.4. The van der Waals surface area contributed by atoms with Gasteiger partial charge in [0.25, 0.3) is 5.91 Å². The summed E-state index contributed by atoms with van der Waals surface area (Å²) in [5.41, 5.74) is -1.15. The van der Waals surface area contributed by atoms with E-state index in [2.05, 4.69) is 29.2 Å². The number of halogens is 3. The van der Waals surface area contributed by atoms with Crippen molar-refractivity contribution in [3.63, 3.8) is 0 Å². The van der Waals surface area contributed by atoms with Crippen molar-refractivity contribution in [1.29, 1.82) is 0 Å². The van der Waals surface area contributed by atoms with Crippen LogP contribution < -0.4 is 5.32 Å². The molecule has 0 bridgehead atoms. The zero-order valence-corrected chi connectivity index (χ0v) is 16.2. The summed E-state index contributed by atoms with van der Waals surface area (Å²) >= 11 is 0. The van der Waals surface area contributed by atoms with E-state index in [1.807, 2.05) is 6.92 Å². The Kier molecular flexibility index (Phi) is 6.37. The molecule has 1 amide bonds. The number of aromatic nitrogens is 2. The van der Waals surface area contributed by atoms with Crippen LogP contribution in [0.15, 0.2) is 0 Å². The highest BCUT2D eigenvalue weighted by atomic mass is 19.4. The Morgan fingerprint density at radius 2 is 2.00 bits per heavy atom. The van der Waals surface area contributed by atoms with Crippen molar-refractivity contribution in [2.75, 3.05) is 13.1 Å². The molecule has 0 aromatic carbocycles. The van der Waals surface area contributed by atoms with E-state index in [1.165, 1.54) is 4.68 Å². The van der Waals surface area contributed by atoms with Crippen molar-refractivity contribution >= 4 is 5.91 Å². The molecule has 0 spiro atoms. The van der Waals surface area contributed by atoms with Crippen LogP contribution in [0.1, 0.15) is 74.7 Å². The molecule has 0 saturated carbocycles. The van der Waals surface area contributed by atoms with Gasteiger partial charge in [0.2, 0.25) is 0 Å². The van der Waals surface area contributed by atoms with Crippen LogP contribution >= 0.6 is 0 Å². The quantitative estimate of drug-likeness (QED) is 0.853. The number of alkyl halides is 3. The second-order valence-corrected chi connectivity index (χ2v) is 7.42. The number of amides is 1. The number of piperidine rings is 1. The van der Waals surface area contributed by atoms with Gasteiger partial charge in [0.05, 0.1) is 11.6 Å². The minimum Gasteiger partial charge on any atom is -0.349 e. The molecule has 8 heteroatoms. The van der Waals surface area contributed by atoms with Gasteiger partial charge in [-0.15, -0.1) is 0 Å². The lowest BCUT2D eigenvalue weighted by Crippen LogP contribution is -2.41. The number of hydrogen-bond acceptors (Lipinski definition) is 3. The largest absolute Gasteiger partial charge is 0.435 e. The van der Waals surface area contributed by atoms with Gasteiger partial charge in [-0.2, -0.15) is 18.3 Å². The summed E-state index contributed by atoms with van der Waals surface area (Å²) in [6.07, 6.45) is -2.36. The lowest BCUT2D eigenvalue weighted by Gasteiger charge is -2.35. The zero-order valence-electron chi connectivity index (χ0n) is 16.2. The lowest BCUT2D eigenvalue weighted by atomic mass is 10.0. The van der Waals surface area contributed by atoms with Crippen LogP contribution in [0.25, 0.3) is 0 Å². The smallest absolute Gasteiger partial charge is 0.349 e. The molecule has 1 aromatic rings. The number of hydrogen-bond donors (Lipinski definition) is 1. The van der Waals surface area contributed by atoms with Gasteiger partial charge in [0.15, 0.2) is 5.69 Å². The molecular weight excluding hydrogens is 345 g/mol. The molecule has 1 saturated heterocycles. The van der Waals surface area contributed by atoms with Gasteiger partial charge >= 0.3 is 6.18 Å². The average molecular weight is 374 g/mol. The van der Waals surface area contributed by atoms with Crippen LogP contribution in [0.4, 0.5) is 13.2 Å². The first-order valence-electron chi connectivity index (χ1n) is 9.27. The number of carbonyl (C=O) groups is 1.